The Bertz CT molecular complexity index is 1920. The number of nitrogens with zero attached hydrogens (tertiary/aromatic N) is 1. The Hall–Kier alpha value is -3.82. The van der Waals surface area contributed by atoms with Crippen LogP contribution in [0.25, 0.3) is 10.9 Å². The second-order valence-electron chi connectivity index (χ2n) is 16.2. The van der Waals surface area contributed by atoms with Crippen molar-refractivity contribution in [3.05, 3.63) is 70.4 Å². The number of aromatic nitrogens is 1. The molecule has 7 aliphatic rings. The van der Waals surface area contributed by atoms with Crippen LogP contribution in [0, 0.1) is 29.1 Å². The largest absolute Gasteiger partial charge is 0.496 e. The molecule has 2 aliphatic carbocycles. The standard InChI is InChI=1S/C42H52N4O5/c1-6-23-16-22-19-42(41(48)51-5)38-27(14-15-46(21-22)39(23)42)26-12-13-33(49-3)35(37(26)45-38)30-17-28-24(7-2)20-43-32(34(28)40(47)50-4)18-29-25-10-8-9-11-31(25)44-36(29)30/h7-13,22-23,27-28,30,32,34,38-39,43-45H,6,14-21H2,1-5H3/b24-7-/t22-,23+,27?,28+,30+,32+,34?,38?,39+,42-/m1/s1. The normalized spacial score (nSPS) is 36.9. The Morgan fingerprint density at radius 1 is 1.06 bits per heavy atom. The average molecular weight is 693 g/mol. The number of carbonyl (C=O) groups is 2. The number of anilines is 1. The van der Waals surface area contributed by atoms with Crippen molar-refractivity contribution < 1.29 is 23.8 Å². The van der Waals surface area contributed by atoms with E-state index in [9.17, 15) is 9.59 Å². The SMILES string of the molecule is C/C=C1/CN[C@H]2Cc3c([nH]c4ccccc34)[C@H](c3c(OC)ccc4c3NC3C4CCN4C[C@@H]5C[C@H](CC)[C@H]4[C@@]3(C(=O)OC)C5)C[C@@H]1C2C(=O)OC. The molecule has 6 bridgehead atoms. The van der Waals surface area contributed by atoms with E-state index >= 15 is 0 Å². The molecule has 11 atom stereocenters. The zero-order valence-electron chi connectivity index (χ0n) is 30.6. The van der Waals surface area contributed by atoms with Crippen LogP contribution in [0.4, 0.5) is 5.69 Å². The number of hydrogen-bond acceptors (Lipinski definition) is 8. The second kappa shape index (κ2) is 12.4. The van der Waals surface area contributed by atoms with Gasteiger partial charge < -0.3 is 29.8 Å². The summed E-state index contributed by atoms with van der Waals surface area (Å²) >= 11 is 0. The average Bonchev–Trinajstić information content (AvgIpc) is 3.70. The van der Waals surface area contributed by atoms with Crippen LogP contribution < -0.4 is 15.4 Å². The first-order valence-corrected chi connectivity index (χ1v) is 19.2. The molecule has 51 heavy (non-hydrogen) atoms. The molecule has 1 saturated carbocycles. The number of carbonyl (C=O) groups excluding carboxylic acids is 2. The van der Waals surface area contributed by atoms with E-state index in [1.54, 1.807) is 14.2 Å². The number of aromatic amines is 1. The molecule has 9 heteroatoms. The van der Waals surface area contributed by atoms with Gasteiger partial charge in [0.15, 0.2) is 0 Å². The van der Waals surface area contributed by atoms with Crippen molar-refractivity contribution >= 4 is 28.5 Å². The highest BCUT2D eigenvalue weighted by atomic mass is 16.5. The fraction of sp³-hybridized carbons (Fsp3) is 0.571. The summed E-state index contributed by atoms with van der Waals surface area (Å²) in [6, 6.07) is 13.0. The van der Waals surface area contributed by atoms with Gasteiger partial charge in [-0.1, -0.05) is 49.3 Å². The minimum Gasteiger partial charge on any atom is -0.496 e. The van der Waals surface area contributed by atoms with Crippen LogP contribution in [0.5, 0.6) is 5.75 Å². The maximum absolute atomic E-state index is 14.4. The number of nitrogens with one attached hydrogen (secondary N) is 3. The van der Waals surface area contributed by atoms with Crippen LogP contribution in [0.15, 0.2) is 48.0 Å². The summed E-state index contributed by atoms with van der Waals surface area (Å²) in [7, 11) is 4.86. The number of hydrogen-bond donors (Lipinski definition) is 3. The molecule has 6 heterocycles. The molecule has 0 amide bonds. The molecular weight excluding hydrogens is 640 g/mol. The molecule has 10 rings (SSSR count). The molecule has 5 fully saturated rings. The zero-order chi connectivity index (χ0) is 35.2. The third kappa shape index (κ3) is 4.65. The van der Waals surface area contributed by atoms with E-state index in [-0.39, 0.29) is 53.7 Å². The lowest BCUT2D eigenvalue weighted by Gasteiger charge is -2.59. The number of benzene rings is 2. The van der Waals surface area contributed by atoms with E-state index in [0.717, 1.165) is 67.8 Å². The Morgan fingerprint density at radius 2 is 1.90 bits per heavy atom. The van der Waals surface area contributed by atoms with Crippen LogP contribution in [0.2, 0.25) is 0 Å². The predicted octanol–water partition coefficient (Wildman–Crippen LogP) is 6.14. The second-order valence-corrected chi connectivity index (χ2v) is 16.2. The molecule has 4 saturated heterocycles. The summed E-state index contributed by atoms with van der Waals surface area (Å²) in [5.41, 5.74) is 7.64. The molecule has 0 radical (unpaired) electrons. The maximum atomic E-state index is 14.4. The van der Waals surface area contributed by atoms with Crippen LogP contribution in [0.1, 0.15) is 80.2 Å². The van der Waals surface area contributed by atoms with Crippen LogP contribution in [-0.4, -0.2) is 80.9 Å². The van der Waals surface area contributed by atoms with Gasteiger partial charge >= 0.3 is 11.9 Å². The minimum atomic E-state index is -0.634. The van der Waals surface area contributed by atoms with Crippen molar-refractivity contribution in [3.63, 3.8) is 0 Å². The number of esters is 2. The predicted molar refractivity (Wildman–Crippen MR) is 197 cm³/mol. The zero-order valence-corrected chi connectivity index (χ0v) is 30.6. The van der Waals surface area contributed by atoms with Gasteiger partial charge in [0.2, 0.25) is 0 Å². The Balaban J connectivity index is 1.25. The van der Waals surface area contributed by atoms with Crippen molar-refractivity contribution in [1.29, 1.82) is 0 Å². The number of methoxy groups -OCH3 is 3. The Labute approximate surface area is 300 Å². The molecule has 1 aromatic heterocycles. The third-order valence-electron chi connectivity index (χ3n) is 14.3. The van der Waals surface area contributed by atoms with Crippen molar-refractivity contribution in [3.8, 4) is 5.75 Å². The van der Waals surface area contributed by atoms with Crippen molar-refractivity contribution in [1.82, 2.24) is 15.2 Å². The summed E-state index contributed by atoms with van der Waals surface area (Å²) in [5.74, 6) is 1.30. The highest BCUT2D eigenvalue weighted by molar-refractivity contribution is 5.87. The van der Waals surface area contributed by atoms with E-state index in [0.29, 0.717) is 18.3 Å². The highest BCUT2D eigenvalue weighted by Gasteiger charge is 2.67. The molecule has 9 nitrogen and oxygen atoms in total. The van der Waals surface area contributed by atoms with Crippen molar-refractivity contribution in [2.45, 2.75) is 82.3 Å². The van der Waals surface area contributed by atoms with Gasteiger partial charge in [0, 0.05) is 64.9 Å². The summed E-state index contributed by atoms with van der Waals surface area (Å²) in [6.07, 6.45) is 7.73. The van der Waals surface area contributed by atoms with Gasteiger partial charge in [-0.2, -0.15) is 0 Å². The molecule has 3 aromatic rings. The quantitative estimate of drug-likeness (QED) is 0.217. The van der Waals surface area contributed by atoms with E-state index in [1.807, 2.05) is 0 Å². The van der Waals surface area contributed by atoms with Gasteiger partial charge in [0.25, 0.3) is 0 Å². The van der Waals surface area contributed by atoms with E-state index < -0.39 is 5.41 Å². The number of ether oxygens (including phenoxy) is 3. The topological polar surface area (TPSA) is 105 Å². The number of para-hydroxylation sites is 1. The number of piperidine rings is 3. The van der Waals surface area contributed by atoms with Gasteiger partial charge in [-0.3, -0.25) is 14.5 Å². The Morgan fingerprint density at radius 3 is 2.67 bits per heavy atom. The monoisotopic (exact) mass is 692 g/mol. The van der Waals surface area contributed by atoms with Gasteiger partial charge in [-0.25, -0.2) is 0 Å². The Kier molecular flexibility index (Phi) is 8.04. The first kappa shape index (κ1) is 33.0. The lowest BCUT2D eigenvalue weighted by atomic mass is 9.54. The van der Waals surface area contributed by atoms with Crippen LogP contribution in [0.3, 0.4) is 0 Å². The van der Waals surface area contributed by atoms with Gasteiger partial charge in [0.1, 0.15) is 11.2 Å². The van der Waals surface area contributed by atoms with Gasteiger partial charge in [0.05, 0.1) is 33.3 Å². The van der Waals surface area contributed by atoms with E-state index in [2.05, 4.69) is 76.8 Å². The van der Waals surface area contributed by atoms with E-state index in [4.69, 9.17) is 14.2 Å². The van der Waals surface area contributed by atoms with Crippen molar-refractivity contribution in [2.75, 3.05) is 46.3 Å². The molecule has 0 spiro atoms. The van der Waals surface area contributed by atoms with E-state index in [1.165, 1.54) is 41.3 Å². The first-order chi connectivity index (χ1) is 24.9. The maximum Gasteiger partial charge on any atom is 0.315 e. The molecule has 270 valence electrons. The number of rotatable bonds is 5. The molecular formula is C42H52N4O5. The lowest BCUT2D eigenvalue weighted by molar-refractivity contribution is -0.176. The molecule has 4 unspecified atom stereocenters. The molecule has 5 aliphatic heterocycles. The number of allylic oxidation sites excluding steroid dienone is 1. The fourth-order valence-corrected chi connectivity index (χ4v) is 12.4. The summed E-state index contributed by atoms with van der Waals surface area (Å²) in [6.45, 7) is 7.18. The molecule has 3 N–H and O–H groups in total. The van der Waals surface area contributed by atoms with Crippen LogP contribution in [-0.2, 0) is 25.5 Å². The summed E-state index contributed by atoms with van der Waals surface area (Å²) in [5, 5.41) is 9.07. The third-order valence-corrected chi connectivity index (χ3v) is 14.3. The lowest BCUT2D eigenvalue weighted by Crippen LogP contribution is -2.69. The fourth-order valence-electron chi connectivity index (χ4n) is 12.4. The minimum absolute atomic E-state index is 0.0138. The smallest absolute Gasteiger partial charge is 0.315 e. The van der Waals surface area contributed by atoms with Crippen molar-refractivity contribution in [2.24, 2.45) is 29.1 Å². The summed E-state index contributed by atoms with van der Waals surface area (Å²) in [4.78, 5) is 34.7. The highest BCUT2D eigenvalue weighted by Crippen LogP contribution is 2.62. The first-order valence-electron chi connectivity index (χ1n) is 19.2. The van der Waals surface area contributed by atoms with Gasteiger partial charge in [-0.15, -0.1) is 0 Å². The number of H-pyrrole nitrogens is 1. The van der Waals surface area contributed by atoms with Gasteiger partial charge in [-0.05, 0) is 86.6 Å². The van der Waals surface area contributed by atoms with Crippen LogP contribution >= 0.6 is 0 Å². The molecule has 2 aromatic carbocycles. The number of fused-ring (bicyclic) bond motifs is 9. The summed E-state index contributed by atoms with van der Waals surface area (Å²) < 4.78 is 17.6.